The number of ether oxygens (including phenoxy) is 1. The van der Waals surface area contributed by atoms with Crippen molar-refractivity contribution in [1.82, 2.24) is 5.16 Å². The number of methoxy groups -OCH3 is 1. The number of nitrogens with zero attached hydrogens (tertiary/aromatic N) is 1. The van der Waals surface area contributed by atoms with Crippen LogP contribution in [0.4, 0.5) is 5.82 Å². The molecule has 0 amide bonds. The van der Waals surface area contributed by atoms with Crippen LogP contribution in [0.1, 0.15) is 0 Å². The Bertz CT molecular complexity index is 937. The standard InChI is InChI=1S/C14H11BrN2O4S/c1-20-12-8-9(15)6-7-13(12)22(18,19)17-14-10-4-2-3-5-11(10)21-16-14/h2-8H,1H3,(H,16,17). The van der Waals surface area contributed by atoms with Crippen molar-refractivity contribution < 1.29 is 17.7 Å². The number of fused-ring (bicyclic) bond motifs is 1. The number of aromatic nitrogens is 1. The summed E-state index contributed by atoms with van der Waals surface area (Å²) in [4.78, 5) is 0.0188. The van der Waals surface area contributed by atoms with Crippen LogP contribution in [0, 0.1) is 0 Å². The molecule has 0 bridgehead atoms. The lowest BCUT2D eigenvalue weighted by molar-refractivity contribution is 0.402. The lowest BCUT2D eigenvalue weighted by atomic mass is 10.2. The van der Waals surface area contributed by atoms with E-state index in [0.717, 1.165) is 4.47 Å². The van der Waals surface area contributed by atoms with Crippen molar-refractivity contribution >= 4 is 42.7 Å². The number of hydrogen-bond donors (Lipinski definition) is 1. The molecule has 1 N–H and O–H groups in total. The fraction of sp³-hybridized carbons (Fsp3) is 0.0714. The summed E-state index contributed by atoms with van der Waals surface area (Å²) in [6.07, 6.45) is 0. The van der Waals surface area contributed by atoms with E-state index in [2.05, 4.69) is 25.8 Å². The lowest BCUT2D eigenvalue weighted by Gasteiger charge is -2.10. The minimum Gasteiger partial charge on any atom is -0.495 e. The Morgan fingerprint density at radius 3 is 2.77 bits per heavy atom. The van der Waals surface area contributed by atoms with Crippen molar-refractivity contribution in [1.29, 1.82) is 0 Å². The first kappa shape index (κ1) is 14.9. The monoisotopic (exact) mass is 382 g/mol. The molecule has 114 valence electrons. The smallest absolute Gasteiger partial charge is 0.266 e. The lowest BCUT2D eigenvalue weighted by Crippen LogP contribution is -2.14. The van der Waals surface area contributed by atoms with Crippen LogP contribution in [0.25, 0.3) is 11.0 Å². The number of anilines is 1. The molecule has 1 heterocycles. The highest BCUT2D eigenvalue weighted by atomic mass is 79.9. The van der Waals surface area contributed by atoms with Crippen molar-refractivity contribution in [2.24, 2.45) is 0 Å². The summed E-state index contributed by atoms with van der Waals surface area (Å²) in [6.45, 7) is 0. The SMILES string of the molecule is COc1cc(Br)ccc1S(=O)(=O)Nc1noc2ccccc12. The van der Waals surface area contributed by atoms with Gasteiger partial charge in [-0.3, -0.25) is 4.72 Å². The Hall–Kier alpha value is -2.06. The number of para-hydroxylation sites is 1. The number of sulfonamides is 1. The summed E-state index contributed by atoms with van der Waals surface area (Å²) < 4.78 is 38.5. The maximum absolute atomic E-state index is 12.5. The van der Waals surface area contributed by atoms with E-state index < -0.39 is 10.0 Å². The van der Waals surface area contributed by atoms with E-state index in [1.165, 1.54) is 13.2 Å². The Kier molecular flexibility index (Phi) is 3.79. The number of benzene rings is 2. The third kappa shape index (κ3) is 2.67. The first-order valence-corrected chi connectivity index (χ1v) is 8.49. The van der Waals surface area contributed by atoms with Gasteiger partial charge in [0.25, 0.3) is 10.0 Å². The molecule has 22 heavy (non-hydrogen) atoms. The second-order valence-electron chi connectivity index (χ2n) is 4.43. The summed E-state index contributed by atoms with van der Waals surface area (Å²) in [5, 5.41) is 4.35. The second kappa shape index (κ2) is 5.62. The van der Waals surface area contributed by atoms with E-state index in [1.807, 2.05) is 0 Å². The van der Waals surface area contributed by atoms with Crippen molar-refractivity contribution in [3.05, 3.63) is 46.9 Å². The molecule has 0 saturated heterocycles. The molecule has 1 aromatic heterocycles. The van der Waals surface area contributed by atoms with Crippen molar-refractivity contribution in [3.63, 3.8) is 0 Å². The molecule has 0 aliphatic rings. The van der Waals surface area contributed by atoms with Crippen LogP contribution in [-0.2, 0) is 10.0 Å². The maximum Gasteiger partial charge on any atom is 0.266 e. The van der Waals surface area contributed by atoms with Gasteiger partial charge >= 0.3 is 0 Å². The van der Waals surface area contributed by atoms with Crippen LogP contribution in [0.3, 0.4) is 0 Å². The molecule has 3 aromatic rings. The number of nitrogens with one attached hydrogen (secondary N) is 1. The van der Waals surface area contributed by atoms with Crippen LogP contribution < -0.4 is 9.46 Å². The first-order valence-electron chi connectivity index (χ1n) is 6.22. The highest BCUT2D eigenvalue weighted by Gasteiger charge is 2.22. The molecule has 0 saturated carbocycles. The van der Waals surface area contributed by atoms with Crippen LogP contribution in [0.2, 0.25) is 0 Å². The summed E-state index contributed by atoms with van der Waals surface area (Å²) in [6, 6.07) is 11.6. The van der Waals surface area contributed by atoms with Gasteiger partial charge in [-0.15, -0.1) is 0 Å². The van der Waals surface area contributed by atoms with Gasteiger partial charge in [0.15, 0.2) is 11.4 Å². The summed E-state index contributed by atoms with van der Waals surface area (Å²) >= 11 is 3.27. The predicted molar refractivity (Wildman–Crippen MR) is 85.5 cm³/mol. The van der Waals surface area contributed by atoms with Crippen molar-refractivity contribution in [2.75, 3.05) is 11.8 Å². The number of hydrogen-bond acceptors (Lipinski definition) is 5. The van der Waals surface area contributed by atoms with Crippen LogP contribution in [-0.4, -0.2) is 20.7 Å². The van der Waals surface area contributed by atoms with Gasteiger partial charge in [0.2, 0.25) is 0 Å². The zero-order chi connectivity index (χ0) is 15.7. The van der Waals surface area contributed by atoms with Crippen molar-refractivity contribution in [2.45, 2.75) is 4.90 Å². The third-order valence-corrected chi connectivity index (χ3v) is 4.90. The normalized spacial score (nSPS) is 11.5. The Morgan fingerprint density at radius 1 is 1.23 bits per heavy atom. The van der Waals surface area contributed by atoms with Crippen molar-refractivity contribution in [3.8, 4) is 5.75 Å². The number of halogens is 1. The maximum atomic E-state index is 12.5. The molecule has 3 rings (SSSR count). The summed E-state index contributed by atoms with van der Waals surface area (Å²) in [7, 11) is -2.44. The number of rotatable bonds is 4. The molecule has 6 nitrogen and oxygen atoms in total. The summed E-state index contributed by atoms with van der Waals surface area (Å²) in [5.41, 5.74) is 0.503. The molecular formula is C14H11BrN2O4S. The van der Waals surface area contributed by atoms with E-state index in [-0.39, 0.29) is 16.5 Å². The van der Waals surface area contributed by atoms with Gasteiger partial charge < -0.3 is 9.26 Å². The second-order valence-corrected chi connectivity index (χ2v) is 6.99. The molecule has 8 heteroatoms. The highest BCUT2D eigenvalue weighted by molar-refractivity contribution is 9.10. The fourth-order valence-corrected chi connectivity index (χ4v) is 3.51. The Morgan fingerprint density at radius 2 is 2.00 bits per heavy atom. The van der Waals surface area contributed by atoms with Crippen LogP contribution in [0.5, 0.6) is 5.75 Å². The molecule has 0 atom stereocenters. The van der Waals surface area contributed by atoms with Gasteiger partial charge in [0.1, 0.15) is 10.6 Å². The molecule has 0 fully saturated rings. The molecule has 0 unspecified atom stereocenters. The molecule has 0 aliphatic carbocycles. The zero-order valence-electron chi connectivity index (χ0n) is 11.4. The van der Waals surface area contributed by atoms with E-state index in [0.29, 0.717) is 11.0 Å². The van der Waals surface area contributed by atoms with Gasteiger partial charge in [-0.2, -0.15) is 0 Å². The predicted octanol–water partition coefficient (Wildman–Crippen LogP) is 3.40. The first-order chi connectivity index (χ1) is 10.5. The van der Waals surface area contributed by atoms with E-state index >= 15 is 0 Å². The average molecular weight is 383 g/mol. The third-order valence-electron chi connectivity index (χ3n) is 3.02. The van der Waals surface area contributed by atoms with E-state index in [1.54, 1.807) is 36.4 Å². The minimum absolute atomic E-state index is 0.0188. The van der Waals surface area contributed by atoms with Gasteiger partial charge in [0, 0.05) is 4.47 Å². The van der Waals surface area contributed by atoms with Crippen LogP contribution >= 0.6 is 15.9 Å². The van der Waals surface area contributed by atoms with Gasteiger partial charge in [-0.05, 0) is 30.3 Å². The molecule has 0 aliphatic heterocycles. The topological polar surface area (TPSA) is 81.4 Å². The summed E-state index contributed by atoms with van der Waals surface area (Å²) in [5.74, 6) is 0.371. The average Bonchev–Trinajstić information content (AvgIpc) is 2.89. The fourth-order valence-electron chi connectivity index (χ4n) is 2.01. The molecule has 0 radical (unpaired) electrons. The zero-order valence-corrected chi connectivity index (χ0v) is 13.8. The molecule has 0 spiro atoms. The Labute approximate surface area is 135 Å². The highest BCUT2D eigenvalue weighted by Crippen LogP contribution is 2.30. The van der Waals surface area contributed by atoms with Gasteiger partial charge in [0.05, 0.1) is 12.5 Å². The van der Waals surface area contributed by atoms with Gasteiger partial charge in [-0.1, -0.05) is 33.2 Å². The van der Waals surface area contributed by atoms with Gasteiger partial charge in [-0.25, -0.2) is 8.42 Å². The largest absolute Gasteiger partial charge is 0.495 e. The molecule has 2 aromatic carbocycles. The Balaban J connectivity index is 2.04. The van der Waals surface area contributed by atoms with E-state index in [9.17, 15) is 8.42 Å². The minimum atomic E-state index is -3.85. The molecular weight excluding hydrogens is 372 g/mol. The van der Waals surface area contributed by atoms with Crippen LogP contribution in [0.15, 0.2) is 56.4 Å². The van der Waals surface area contributed by atoms with E-state index in [4.69, 9.17) is 9.26 Å². The quantitative estimate of drug-likeness (QED) is 0.747.